The highest BCUT2D eigenvalue weighted by atomic mass is 16.3. The average Bonchev–Trinajstić information content (AvgIpc) is 3.95. The van der Waals surface area contributed by atoms with Crippen molar-refractivity contribution >= 4 is 71.3 Å². The van der Waals surface area contributed by atoms with Crippen LogP contribution in [0.25, 0.3) is 98.8 Å². The van der Waals surface area contributed by atoms with Gasteiger partial charge in [0.2, 0.25) is 0 Å². The number of hydrogen-bond acceptors (Lipinski definition) is 2. The van der Waals surface area contributed by atoms with Gasteiger partial charge in [-0.1, -0.05) is 179 Å². The molecular formula is C66H47NO. The van der Waals surface area contributed by atoms with E-state index in [2.05, 4.69) is 245 Å². The van der Waals surface area contributed by atoms with Crippen LogP contribution < -0.4 is 4.90 Å². The van der Waals surface area contributed by atoms with Gasteiger partial charge in [-0.15, -0.1) is 0 Å². The number of furan rings is 1. The van der Waals surface area contributed by atoms with E-state index in [-0.39, 0.29) is 10.8 Å². The second-order valence-corrected chi connectivity index (χ2v) is 20.0. The molecule has 0 atom stereocenters. The molecule has 0 saturated carbocycles. The molecule has 2 aliphatic rings. The minimum atomic E-state index is -0.131. The van der Waals surface area contributed by atoms with Crippen LogP contribution in [0.1, 0.15) is 49.9 Å². The van der Waals surface area contributed by atoms with E-state index in [1.807, 2.05) is 0 Å². The smallest absolute Gasteiger partial charge is 0.136 e. The fourth-order valence-electron chi connectivity index (χ4n) is 12.3. The van der Waals surface area contributed by atoms with Crippen LogP contribution in [0.2, 0.25) is 0 Å². The SMILES string of the molecule is CC1(C)c2ccccc2-c2ccc(N(c3ccc(-c4c5ccccc5c(-c5cccc6oc7ccccc7c56)c5cc6ccccc6cc45)cc3)c3ccc4c(c3)C(C)(C)c3ccccc3-4)cc21. The third-order valence-corrected chi connectivity index (χ3v) is 15.6. The van der Waals surface area contributed by atoms with Crippen LogP contribution in [0.4, 0.5) is 17.1 Å². The highest BCUT2D eigenvalue weighted by molar-refractivity contribution is 6.27. The van der Waals surface area contributed by atoms with E-state index in [1.54, 1.807) is 0 Å². The van der Waals surface area contributed by atoms with Gasteiger partial charge in [0.15, 0.2) is 0 Å². The van der Waals surface area contributed by atoms with Crippen molar-refractivity contribution in [2.24, 2.45) is 0 Å². The molecule has 2 nitrogen and oxygen atoms in total. The van der Waals surface area contributed by atoms with Crippen LogP contribution in [0.15, 0.2) is 217 Å². The Morgan fingerprint density at radius 2 is 0.779 bits per heavy atom. The maximum Gasteiger partial charge on any atom is 0.136 e. The Kier molecular flexibility index (Phi) is 8.12. The number of benzene rings is 11. The molecule has 0 spiro atoms. The topological polar surface area (TPSA) is 16.4 Å². The Labute approximate surface area is 396 Å². The summed E-state index contributed by atoms with van der Waals surface area (Å²) < 4.78 is 6.49. The summed E-state index contributed by atoms with van der Waals surface area (Å²) in [5.74, 6) is 0. The lowest BCUT2D eigenvalue weighted by atomic mass is 9.82. The molecule has 14 rings (SSSR count). The number of nitrogens with zero attached hydrogens (tertiary/aromatic N) is 1. The van der Waals surface area contributed by atoms with Crippen LogP contribution in [0.5, 0.6) is 0 Å². The van der Waals surface area contributed by atoms with Gasteiger partial charge in [0.05, 0.1) is 0 Å². The fourth-order valence-corrected chi connectivity index (χ4v) is 12.3. The van der Waals surface area contributed by atoms with Gasteiger partial charge >= 0.3 is 0 Å². The molecule has 0 N–H and O–H groups in total. The first-order chi connectivity index (χ1) is 33.2. The normalized spacial score (nSPS) is 14.1. The summed E-state index contributed by atoms with van der Waals surface area (Å²) in [6, 6.07) is 79.0. The lowest BCUT2D eigenvalue weighted by Crippen LogP contribution is -2.18. The highest BCUT2D eigenvalue weighted by Gasteiger charge is 2.38. The van der Waals surface area contributed by atoms with Gasteiger partial charge in [0, 0.05) is 38.7 Å². The van der Waals surface area contributed by atoms with Gasteiger partial charge in [0.1, 0.15) is 11.2 Å². The predicted molar refractivity (Wildman–Crippen MR) is 287 cm³/mol. The van der Waals surface area contributed by atoms with Crippen LogP contribution in [0, 0.1) is 0 Å². The number of anilines is 3. The van der Waals surface area contributed by atoms with Crippen molar-refractivity contribution in [3.63, 3.8) is 0 Å². The zero-order chi connectivity index (χ0) is 45.5. The van der Waals surface area contributed by atoms with Gasteiger partial charge < -0.3 is 9.32 Å². The molecule has 68 heavy (non-hydrogen) atoms. The Hall–Kier alpha value is -8.20. The summed E-state index contributed by atoms with van der Waals surface area (Å²) >= 11 is 0. The summed E-state index contributed by atoms with van der Waals surface area (Å²) in [7, 11) is 0. The number of para-hydroxylation sites is 1. The monoisotopic (exact) mass is 869 g/mol. The molecular weight excluding hydrogens is 823 g/mol. The van der Waals surface area contributed by atoms with Crippen molar-refractivity contribution in [3.8, 4) is 44.5 Å². The van der Waals surface area contributed by atoms with Crippen molar-refractivity contribution in [1.82, 2.24) is 0 Å². The van der Waals surface area contributed by atoms with Crippen LogP contribution in [-0.2, 0) is 10.8 Å². The number of fused-ring (bicyclic) bond motifs is 12. The molecule has 2 heteroatoms. The highest BCUT2D eigenvalue weighted by Crippen LogP contribution is 2.54. The predicted octanol–water partition coefficient (Wildman–Crippen LogP) is 18.5. The van der Waals surface area contributed by atoms with Gasteiger partial charge in [-0.3, -0.25) is 0 Å². The van der Waals surface area contributed by atoms with Crippen LogP contribution in [-0.4, -0.2) is 0 Å². The third kappa shape index (κ3) is 5.46. The van der Waals surface area contributed by atoms with E-state index in [1.165, 1.54) is 99.1 Å². The van der Waals surface area contributed by atoms with Gasteiger partial charge in [-0.2, -0.15) is 0 Å². The second-order valence-electron chi connectivity index (χ2n) is 20.0. The van der Waals surface area contributed by atoms with E-state index >= 15 is 0 Å². The van der Waals surface area contributed by atoms with Crippen molar-refractivity contribution in [2.45, 2.75) is 38.5 Å². The Morgan fingerprint density at radius 1 is 0.324 bits per heavy atom. The summed E-state index contributed by atoms with van der Waals surface area (Å²) in [5, 5.41) is 9.63. The Bertz CT molecular complexity index is 3980. The van der Waals surface area contributed by atoms with E-state index in [0.717, 1.165) is 39.0 Å². The molecule has 1 heterocycles. The lowest BCUT2D eigenvalue weighted by molar-refractivity contribution is 0.660. The first kappa shape index (κ1) is 39.0. The molecule has 0 saturated heterocycles. The van der Waals surface area contributed by atoms with E-state index in [4.69, 9.17) is 4.42 Å². The van der Waals surface area contributed by atoms with Crippen LogP contribution in [0.3, 0.4) is 0 Å². The summed E-state index contributed by atoms with van der Waals surface area (Å²) in [6.45, 7) is 9.49. The van der Waals surface area contributed by atoms with E-state index in [0.29, 0.717) is 0 Å². The van der Waals surface area contributed by atoms with Gasteiger partial charge in [-0.05, 0) is 160 Å². The molecule has 2 aliphatic carbocycles. The molecule has 12 aromatic rings. The summed E-state index contributed by atoms with van der Waals surface area (Å²) in [4.78, 5) is 2.48. The van der Waals surface area contributed by atoms with Crippen molar-refractivity contribution in [2.75, 3.05) is 4.90 Å². The van der Waals surface area contributed by atoms with Crippen molar-refractivity contribution in [3.05, 3.63) is 235 Å². The zero-order valence-electron chi connectivity index (χ0n) is 38.6. The zero-order valence-corrected chi connectivity index (χ0v) is 38.6. The first-order valence-corrected chi connectivity index (χ1v) is 23.9. The molecule has 1 aromatic heterocycles. The standard InChI is InChI=1S/C66H47NO/c1-65(2)56-24-12-9-18-46(56)48-34-32-44(38-58(48)65)67(45-33-35-49-47-19-10-13-25-57(47)66(3,4)59(49)39-45)43-30-28-40(29-31-43)62-50-20-7-8-21-51(50)63(55-37-42-17-6-5-16-41(42)36-54(55)62)53-23-15-27-61-64(53)52-22-11-14-26-60(52)68-61/h5-39H,1-4H3. The molecule has 0 unspecified atom stereocenters. The molecule has 0 aliphatic heterocycles. The van der Waals surface area contributed by atoms with Crippen molar-refractivity contribution in [1.29, 1.82) is 0 Å². The fraction of sp³-hybridized carbons (Fsp3) is 0.0909. The Morgan fingerprint density at radius 3 is 1.40 bits per heavy atom. The quantitative estimate of drug-likeness (QED) is 0.160. The van der Waals surface area contributed by atoms with Crippen molar-refractivity contribution < 1.29 is 4.42 Å². The second kappa shape index (κ2) is 14.2. The maximum atomic E-state index is 6.49. The first-order valence-electron chi connectivity index (χ1n) is 23.9. The molecule has 0 radical (unpaired) electrons. The minimum Gasteiger partial charge on any atom is -0.456 e. The third-order valence-electron chi connectivity index (χ3n) is 15.6. The van der Waals surface area contributed by atoms with E-state index in [9.17, 15) is 0 Å². The van der Waals surface area contributed by atoms with Gasteiger partial charge in [0.25, 0.3) is 0 Å². The Balaban J connectivity index is 0.984. The average molecular weight is 870 g/mol. The maximum absolute atomic E-state index is 6.49. The molecule has 322 valence electrons. The largest absolute Gasteiger partial charge is 0.456 e. The van der Waals surface area contributed by atoms with Gasteiger partial charge in [-0.25, -0.2) is 0 Å². The summed E-state index contributed by atoms with van der Waals surface area (Å²) in [5.41, 5.74) is 20.6. The molecule has 0 amide bonds. The molecule has 0 bridgehead atoms. The molecule has 11 aromatic carbocycles. The van der Waals surface area contributed by atoms with E-state index < -0.39 is 0 Å². The lowest BCUT2D eigenvalue weighted by Gasteiger charge is -2.30. The molecule has 0 fully saturated rings. The number of rotatable bonds is 5. The summed E-state index contributed by atoms with van der Waals surface area (Å²) in [6.07, 6.45) is 0. The number of hydrogen-bond donors (Lipinski definition) is 0. The minimum absolute atomic E-state index is 0.131. The van der Waals surface area contributed by atoms with Crippen LogP contribution >= 0.6 is 0 Å².